The number of nitrogens with zero attached hydrogens (tertiary/aromatic N) is 5. The maximum Gasteiger partial charge on any atom is 0.219 e. The van der Waals surface area contributed by atoms with E-state index in [1.54, 1.807) is 25.5 Å². The Morgan fingerprint density at radius 2 is 1.96 bits per heavy atom. The molecule has 3 heterocycles. The van der Waals surface area contributed by atoms with E-state index >= 15 is 0 Å². The number of nitrogen functional groups attached to an aromatic ring is 1. The number of aromatic nitrogens is 3. The summed E-state index contributed by atoms with van der Waals surface area (Å²) in [6, 6.07) is 3.72. The number of rotatable bonds is 2. The minimum absolute atomic E-state index is 0.124. The van der Waals surface area contributed by atoms with Crippen molar-refractivity contribution in [1.82, 2.24) is 19.9 Å². The normalized spacial score (nSPS) is 15.2. The second-order valence-corrected chi connectivity index (χ2v) is 5.98. The first-order valence-electron chi connectivity index (χ1n) is 8.10. The molecule has 0 unspecified atom stereocenters. The molecule has 0 saturated carbocycles. The van der Waals surface area contributed by atoms with Gasteiger partial charge in [-0.2, -0.15) is 0 Å². The topological polar surface area (TPSA) is 88.2 Å². The summed E-state index contributed by atoms with van der Waals surface area (Å²) in [7, 11) is 0. The molecule has 0 bridgehead atoms. The molecule has 7 nitrogen and oxygen atoms in total. The summed E-state index contributed by atoms with van der Waals surface area (Å²) < 4.78 is 0. The second-order valence-electron chi connectivity index (χ2n) is 5.98. The largest absolute Gasteiger partial charge is 0.384 e. The predicted molar refractivity (Wildman–Crippen MR) is 93.5 cm³/mol. The number of pyridine rings is 1. The highest BCUT2D eigenvalue weighted by Gasteiger charge is 2.21. The Bertz CT molecular complexity index is 730. The Morgan fingerprint density at radius 1 is 1.12 bits per heavy atom. The first kappa shape index (κ1) is 16.2. The van der Waals surface area contributed by atoms with Crippen molar-refractivity contribution in [2.75, 3.05) is 36.8 Å². The van der Waals surface area contributed by atoms with Gasteiger partial charge in [0.1, 0.15) is 18.0 Å². The van der Waals surface area contributed by atoms with Gasteiger partial charge in [-0.1, -0.05) is 0 Å². The first-order valence-corrected chi connectivity index (χ1v) is 8.10. The molecule has 2 N–H and O–H groups in total. The van der Waals surface area contributed by atoms with Gasteiger partial charge in [0.2, 0.25) is 5.91 Å². The lowest BCUT2D eigenvalue weighted by molar-refractivity contribution is -0.128. The molecule has 0 radical (unpaired) electrons. The van der Waals surface area contributed by atoms with Crippen molar-refractivity contribution in [3.63, 3.8) is 0 Å². The molecule has 3 rings (SSSR count). The van der Waals surface area contributed by atoms with Crippen LogP contribution in [0.5, 0.6) is 0 Å². The Kier molecular flexibility index (Phi) is 4.59. The Morgan fingerprint density at radius 3 is 2.67 bits per heavy atom. The molecular weight excluding hydrogens is 304 g/mol. The van der Waals surface area contributed by atoms with Gasteiger partial charge in [0.25, 0.3) is 0 Å². The van der Waals surface area contributed by atoms with Gasteiger partial charge in [0, 0.05) is 50.4 Å². The maximum absolute atomic E-state index is 11.6. The van der Waals surface area contributed by atoms with Gasteiger partial charge in [-0.25, -0.2) is 15.0 Å². The lowest BCUT2D eigenvalue weighted by atomic mass is 10.1. The van der Waals surface area contributed by atoms with E-state index in [2.05, 4.69) is 19.9 Å². The van der Waals surface area contributed by atoms with Crippen LogP contribution in [0.3, 0.4) is 0 Å². The quantitative estimate of drug-likeness (QED) is 0.899. The molecule has 2 aromatic heterocycles. The monoisotopic (exact) mass is 326 g/mol. The Balaban J connectivity index is 1.95. The number of carbonyl (C=O) groups excluding carboxylic acids is 1. The smallest absolute Gasteiger partial charge is 0.219 e. The van der Waals surface area contributed by atoms with Crippen LogP contribution in [0.1, 0.15) is 19.0 Å². The van der Waals surface area contributed by atoms with Crippen LogP contribution in [0.4, 0.5) is 11.6 Å². The highest BCUT2D eigenvalue weighted by atomic mass is 16.2. The maximum atomic E-state index is 11.6. The van der Waals surface area contributed by atoms with Crippen molar-refractivity contribution >= 4 is 17.5 Å². The molecule has 1 aliphatic heterocycles. The van der Waals surface area contributed by atoms with E-state index in [4.69, 9.17) is 5.73 Å². The number of hydrogen-bond acceptors (Lipinski definition) is 6. The number of nitrogens with two attached hydrogens (primary N) is 1. The third-order valence-corrected chi connectivity index (χ3v) is 4.33. The van der Waals surface area contributed by atoms with Gasteiger partial charge >= 0.3 is 0 Å². The van der Waals surface area contributed by atoms with Crippen molar-refractivity contribution in [3.8, 4) is 11.1 Å². The number of hydrogen-bond donors (Lipinski definition) is 1. The standard InChI is InChI=1S/C17H22N6O/c1-12-16(14-4-5-15(18)19-10-14)17(21-11-20-12)23-7-3-6-22(8-9-23)13(2)24/h4-5,10-11H,3,6-9H2,1-2H3,(H2,18,19). The zero-order valence-corrected chi connectivity index (χ0v) is 14.1. The van der Waals surface area contributed by atoms with Gasteiger partial charge in [0.15, 0.2) is 0 Å². The SMILES string of the molecule is CC(=O)N1CCCN(c2ncnc(C)c2-c2ccc(N)nc2)CC1. The number of aryl methyl sites for hydroxylation is 1. The minimum Gasteiger partial charge on any atom is -0.384 e. The fourth-order valence-corrected chi connectivity index (χ4v) is 3.04. The zero-order chi connectivity index (χ0) is 17.1. The van der Waals surface area contributed by atoms with Crippen molar-refractivity contribution in [1.29, 1.82) is 0 Å². The van der Waals surface area contributed by atoms with Gasteiger partial charge < -0.3 is 15.5 Å². The van der Waals surface area contributed by atoms with Crippen molar-refractivity contribution in [2.45, 2.75) is 20.3 Å². The molecule has 1 amide bonds. The second kappa shape index (κ2) is 6.82. The summed E-state index contributed by atoms with van der Waals surface area (Å²) in [6.45, 7) is 6.69. The minimum atomic E-state index is 0.124. The molecule has 0 atom stereocenters. The van der Waals surface area contributed by atoms with Gasteiger partial charge in [0.05, 0.1) is 5.69 Å². The summed E-state index contributed by atoms with van der Waals surface area (Å²) in [5.41, 5.74) is 8.52. The van der Waals surface area contributed by atoms with Crippen LogP contribution in [0.15, 0.2) is 24.7 Å². The summed E-state index contributed by atoms with van der Waals surface area (Å²) >= 11 is 0. The molecule has 2 aromatic rings. The lowest BCUT2D eigenvalue weighted by Gasteiger charge is -2.25. The number of anilines is 2. The van der Waals surface area contributed by atoms with E-state index in [0.29, 0.717) is 12.4 Å². The third kappa shape index (κ3) is 3.29. The molecule has 1 saturated heterocycles. The van der Waals surface area contributed by atoms with Crippen LogP contribution in [0.25, 0.3) is 11.1 Å². The summed E-state index contributed by atoms with van der Waals surface area (Å²) in [5, 5.41) is 0. The highest BCUT2D eigenvalue weighted by molar-refractivity contribution is 5.78. The Hall–Kier alpha value is -2.70. The van der Waals surface area contributed by atoms with Crippen LogP contribution in [-0.4, -0.2) is 51.9 Å². The van der Waals surface area contributed by atoms with E-state index in [-0.39, 0.29) is 5.91 Å². The predicted octanol–water partition coefficient (Wildman–Crippen LogP) is 1.49. The molecule has 24 heavy (non-hydrogen) atoms. The van der Waals surface area contributed by atoms with E-state index in [1.807, 2.05) is 17.9 Å². The van der Waals surface area contributed by atoms with Crippen molar-refractivity contribution < 1.29 is 4.79 Å². The highest BCUT2D eigenvalue weighted by Crippen LogP contribution is 2.31. The first-order chi connectivity index (χ1) is 11.6. The van der Waals surface area contributed by atoms with Crippen LogP contribution >= 0.6 is 0 Å². The van der Waals surface area contributed by atoms with Crippen LogP contribution < -0.4 is 10.6 Å². The average molecular weight is 326 g/mol. The van der Waals surface area contributed by atoms with Gasteiger partial charge in [-0.05, 0) is 25.5 Å². The summed E-state index contributed by atoms with van der Waals surface area (Å²) in [5.74, 6) is 1.50. The van der Waals surface area contributed by atoms with Crippen molar-refractivity contribution in [2.24, 2.45) is 0 Å². The summed E-state index contributed by atoms with van der Waals surface area (Å²) in [4.78, 5) is 28.8. The average Bonchev–Trinajstić information content (AvgIpc) is 2.82. The van der Waals surface area contributed by atoms with Crippen LogP contribution in [-0.2, 0) is 4.79 Å². The molecule has 0 spiro atoms. The van der Waals surface area contributed by atoms with Gasteiger partial charge in [-0.15, -0.1) is 0 Å². The molecule has 0 aliphatic carbocycles. The number of carbonyl (C=O) groups is 1. The van der Waals surface area contributed by atoms with E-state index in [1.165, 1.54) is 0 Å². The molecule has 1 aliphatic rings. The molecule has 0 aromatic carbocycles. The zero-order valence-electron chi connectivity index (χ0n) is 14.1. The van der Waals surface area contributed by atoms with Crippen LogP contribution in [0.2, 0.25) is 0 Å². The lowest BCUT2D eigenvalue weighted by Crippen LogP contribution is -2.34. The van der Waals surface area contributed by atoms with E-state index in [9.17, 15) is 4.79 Å². The van der Waals surface area contributed by atoms with Gasteiger partial charge in [-0.3, -0.25) is 4.79 Å². The van der Waals surface area contributed by atoms with Crippen molar-refractivity contribution in [3.05, 3.63) is 30.4 Å². The number of amides is 1. The van der Waals surface area contributed by atoms with E-state index in [0.717, 1.165) is 48.7 Å². The molecular formula is C17H22N6O. The molecule has 126 valence electrons. The summed E-state index contributed by atoms with van der Waals surface area (Å²) in [6.07, 6.45) is 4.26. The molecule has 7 heteroatoms. The molecule has 1 fully saturated rings. The third-order valence-electron chi connectivity index (χ3n) is 4.33. The Labute approximate surface area is 141 Å². The van der Waals surface area contributed by atoms with Crippen LogP contribution in [0, 0.1) is 6.92 Å². The van der Waals surface area contributed by atoms with E-state index < -0.39 is 0 Å². The fourth-order valence-electron chi connectivity index (χ4n) is 3.04. The fraction of sp³-hybridized carbons (Fsp3) is 0.412.